The van der Waals surface area contributed by atoms with Crippen LogP contribution in [0.1, 0.15) is 29.8 Å². The van der Waals surface area contributed by atoms with E-state index in [4.69, 9.17) is 5.11 Å². The summed E-state index contributed by atoms with van der Waals surface area (Å²) < 4.78 is 2.00. The zero-order chi connectivity index (χ0) is 14.4. The Morgan fingerprint density at radius 3 is 2.60 bits per heavy atom. The largest absolute Gasteiger partial charge is 0.396 e. The monoisotopic (exact) mass is 273 g/mol. The maximum Gasteiger partial charge on any atom is 0.0648 e. The molecule has 4 heteroatoms. The van der Waals surface area contributed by atoms with Crippen LogP contribution in [-0.4, -0.2) is 28.0 Å². The zero-order valence-corrected chi connectivity index (χ0v) is 12.3. The molecule has 0 radical (unpaired) electrons. The molecular weight excluding hydrogens is 250 g/mol. The Kier molecular flexibility index (Phi) is 5.32. The number of aryl methyl sites for hydroxylation is 1. The van der Waals surface area contributed by atoms with Crippen molar-refractivity contribution in [2.24, 2.45) is 0 Å². The van der Waals surface area contributed by atoms with Crippen molar-refractivity contribution >= 4 is 0 Å². The van der Waals surface area contributed by atoms with Crippen LogP contribution in [-0.2, 0) is 6.54 Å². The van der Waals surface area contributed by atoms with Gasteiger partial charge in [-0.2, -0.15) is 5.10 Å². The Morgan fingerprint density at radius 2 is 1.90 bits per heavy atom. The Balaban J connectivity index is 2.06. The summed E-state index contributed by atoms with van der Waals surface area (Å²) in [6, 6.07) is 10.2. The van der Waals surface area contributed by atoms with Gasteiger partial charge in [-0.25, -0.2) is 4.68 Å². The SMILES string of the molecule is Cc1nn(-c2ccccc2)c(C)c1CNCCCCO. The van der Waals surface area contributed by atoms with Gasteiger partial charge in [0.2, 0.25) is 0 Å². The van der Waals surface area contributed by atoms with Crippen molar-refractivity contribution in [3.8, 4) is 5.69 Å². The average Bonchev–Trinajstić information content (AvgIpc) is 2.75. The summed E-state index contributed by atoms with van der Waals surface area (Å²) in [5.74, 6) is 0. The Bertz CT molecular complexity index is 534. The first kappa shape index (κ1) is 14.8. The predicted octanol–water partition coefficient (Wildman–Crippen LogP) is 2.35. The van der Waals surface area contributed by atoms with E-state index < -0.39 is 0 Å². The molecule has 0 fully saturated rings. The number of benzene rings is 1. The van der Waals surface area contributed by atoms with E-state index in [9.17, 15) is 0 Å². The van der Waals surface area contributed by atoms with Gasteiger partial charge in [0, 0.05) is 24.4 Å². The minimum absolute atomic E-state index is 0.270. The first-order valence-corrected chi connectivity index (χ1v) is 7.16. The number of hydrogen-bond donors (Lipinski definition) is 2. The van der Waals surface area contributed by atoms with Crippen LogP contribution in [0.25, 0.3) is 5.69 Å². The second kappa shape index (κ2) is 7.22. The molecule has 0 saturated carbocycles. The number of aliphatic hydroxyl groups excluding tert-OH is 1. The van der Waals surface area contributed by atoms with Crippen molar-refractivity contribution in [2.75, 3.05) is 13.2 Å². The van der Waals surface area contributed by atoms with Gasteiger partial charge in [-0.1, -0.05) is 18.2 Å². The summed E-state index contributed by atoms with van der Waals surface area (Å²) >= 11 is 0. The molecule has 0 spiro atoms. The van der Waals surface area contributed by atoms with Crippen molar-refractivity contribution < 1.29 is 5.11 Å². The molecule has 1 heterocycles. The fourth-order valence-electron chi connectivity index (χ4n) is 2.33. The van der Waals surface area contributed by atoms with Crippen LogP contribution in [0, 0.1) is 13.8 Å². The second-order valence-electron chi connectivity index (χ2n) is 5.00. The lowest BCUT2D eigenvalue weighted by Gasteiger charge is -2.06. The van der Waals surface area contributed by atoms with Gasteiger partial charge >= 0.3 is 0 Å². The van der Waals surface area contributed by atoms with Gasteiger partial charge in [0.25, 0.3) is 0 Å². The molecule has 0 unspecified atom stereocenters. The van der Waals surface area contributed by atoms with Crippen LogP contribution in [0.2, 0.25) is 0 Å². The van der Waals surface area contributed by atoms with Crippen LogP contribution < -0.4 is 5.32 Å². The zero-order valence-electron chi connectivity index (χ0n) is 12.3. The molecule has 0 aliphatic carbocycles. The lowest BCUT2D eigenvalue weighted by molar-refractivity contribution is 0.283. The normalized spacial score (nSPS) is 10.9. The molecule has 4 nitrogen and oxygen atoms in total. The van der Waals surface area contributed by atoms with E-state index in [0.717, 1.165) is 37.3 Å². The lowest BCUT2D eigenvalue weighted by atomic mass is 10.2. The molecule has 20 heavy (non-hydrogen) atoms. The standard InChI is InChI=1S/C16H23N3O/c1-13-16(12-17-10-6-7-11-20)14(2)19(18-13)15-8-4-3-5-9-15/h3-5,8-9,17,20H,6-7,10-12H2,1-2H3. The minimum atomic E-state index is 0.270. The number of unbranched alkanes of at least 4 members (excludes halogenated alkanes) is 1. The van der Waals surface area contributed by atoms with Gasteiger partial charge in [-0.05, 0) is 45.4 Å². The molecule has 108 valence electrons. The second-order valence-corrected chi connectivity index (χ2v) is 5.00. The summed E-state index contributed by atoms with van der Waals surface area (Å²) in [6.45, 7) is 6.19. The molecule has 0 aliphatic heterocycles. The highest BCUT2D eigenvalue weighted by Crippen LogP contribution is 2.17. The Labute approximate surface area is 120 Å². The van der Waals surface area contributed by atoms with Crippen LogP contribution in [0.5, 0.6) is 0 Å². The van der Waals surface area contributed by atoms with Crippen molar-refractivity contribution in [3.05, 3.63) is 47.3 Å². The smallest absolute Gasteiger partial charge is 0.0648 e. The van der Waals surface area contributed by atoms with Crippen LogP contribution in [0.4, 0.5) is 0 Å². The van der Waals surface area contributed by atoms with Crippen molar-refractivity contribution in [3.63, 3.8) is 0 Å². The van der Waals surface area contributed by atoms with Crippen molar-refractivity contribution in [2.45, 2.75) is 33.2 Å². The number of aliphatic hydroxyl groups is 1. The van der Waals surface area contributed by atoms with Crippen LogP contribution in [0.3, 0.4) is 0 Å². The molecular formula is C16H23N3O. The maximum atomic E-state index is 8.76. The molecule has 0 aliphatic rings. The number of rotatable bonds is 7. The van der Waals surface area contributed by atoms with Gasteiger partial charge in [0.15, 0.2) is 0 Å². The summed E-state index contributed by atoms with van der Waals surface area (Å²) in [4.78, 5) is 0. The molecule has 2 aromatic rings. The van der Waals surface area contributed by atoms with Crippen molar-refractivity contribution in [1.29, 1.82) is 0 Å². The molecule has 2 rings (SSSR count). The molecule has 0 amide bonds. The molecule has 0 saturated heterocycles. The number of aromatic nitrogens is 2. The fraction of sp³-hybridized carbons (Fsp3) is 0.438. The lowest BCUT2D eigenvalue weighted by Crippen LogP contribution is -2.16. The third kappa shape index (κ3) is 3.46. The van der Waals surface area contributed by atoms with Crippen molar-refractivity contribution in [1.82, 2.24) is 15.1 Å². The summed E-state index contributed by atoms with van der Waals surface area (Å²) in [6.07, 6.45) is 1.86. The number of nitrogens with zero attached hydrogens (tertiary/aromatic N) is 2. The summed E-state index contributed by atoms with van der Waals surface area (Å²) in [7, 11) is 0. The molecule has 1 aromatic carbocycles. The highest BCUT2D eigenvalue weighted by molar-refractivity contribution is 5.36. The van der Waals surface area contributed by atoms with E-state index in [1.807, 2.05) is 22.9 Å². The maximum absolute atomic E-state index is 8.76. The number of para-hydroxylation sites is 1. The third-order valence-corrected chi connectivity index (χ3v) is 3.51. The van der Waals surface area contributed by atoms with E-state index >= 15 is 0 Å². The molecule has 2 N–H and O–H groups in total. The quantitative estimate of drug-likeness (QED) is 0.761. The molecule has 0 bridgehead atoms. The third-order valence-electron chi connectivity index (χ3n) is 3.51. The van der Waals surface area contributed by atoms with Gasteiger partial charge in [0.05, 0.1) is 11.4 Å². The van der Waals surface area contributed by atoms with E-state index in [1.165, 1.54) is 11.3 Å². The predicted molar refractivity (Wildman–Crippen MR) is 81.1 cm³/mol. The highest BCUT2D eigenvalue weighted by Gasteiger charge is 2.11. The Hall–Kier alpha value is -1.65. The minimum Gasteiger partial charge on any atom is -0.396 e. The van der Waals surface area contributed by atoms with Gasteiger partial charge < -0.3 is 10.4 Å². The van der Waals surface area contributed by atoms with E-state index in [-0.39, 0.29) is 6.61 Å². The average molecular weight is 273 g/mol. The van der Waals surface area contributed by atoms with E-state index in [1.54, 1.807) is 0 Å². The fourth-order valence-corrected chi connectivity index (χ4v) is 2.33. The van der Waals surface area contributed by atoms with E-state index in [2.05, 4.69) is 36.4 Å². The van der Waals surface area contributed by atoms with Crippen LogP contribution >= 0.6 is 0 Å². The number of hydrogen-bond acceptors (Lipinski definition) is 3. The van der Waals surface area contributed by atoms with Gasteiger partial charge in [0.1, 0.15) is 0 Å². The number of nitrogens with one attached hydrogen (secondary N) is 1. The van der Waals surface area contributed by atoms with Gasteiger partial charge in [-0.3, -0.25) is 0 Å². The first-order chi connectivity index (χ1) is 9.74. The Morgan fingerprint density at radius 1 is 1.15 bits per heavy atom. The first-order valence-electron chi connectivity index (χ1n) is 7.16. The molecule has 1 aromatic heterocycles. The highest BCUT2D eigenvalue weighted by atomic mass is 16.2. The van der Waals surface area contributed by atoms with Crippen LogP contribution in [0.15, 0.2) is 30.3 Å². The topological polar surface area (TPSA) is 50.1 Å². The van der Waals surface area contributed by atoms with E-state index in [0.29, 0.717) is 0 Å². The summed E-state index contributed by atoms with van der Waals surface area (Å²) in [5.41, 5.74) is 4.61. The van der Waals surface area contributed by atoms with Gasteiger partial charge in [-0.15, -0.1) is 0 Å². The summed E-state index contributed by atoms with van der Waals surface area (Å²) in [5, 5.41) is 16.8. The molecule has 0 atom stereocenters.